The number of rotatable bonds is 4. The van der Waals surface area contributed by atoms with E-state index < -0.39 is 0 Å². The van der Waals surface area contributed by atoms with Crippen molar-refractivity contribution in [1.82, 2.24) is 9.88 Å². The van der Waals surface area contributed by atoms with Gasteiger partial charge in [0.2, 0.25) is 0 Å². The van der Waals surface area contributed by atoms with Gasteiger partial charge in [-0.2, -0.15) is 0 Å². The quantitative estimate of drug-likeness (QED) is 0.626. The average Bonchev–Trinajstić information content (AvgIpc) is 3.17. The number of hydrogen-bond acceptors (Lipinski definition) is 6. The monoisotopic (exact) mass is 430 g/mol. The smallest absolute Gasteiger partial charge is 0.253 e. The summed E-state index contributed by atoms with van der Waals surface area (Å²) in [5.74, 6) is 0.689. The molecule has 1 aromatic heterocycles. The van der Waals surface area contributed by atoms with Crippen LogP contribution in [0.3, 0.4) is 0 Å². The van der Waals surface area contributed by atoms with Crippen LogP contribution in [0.5, 0.6) is 5.75 Å². The normalized spacial score (nSPS) is 14.3. The molecule has 0 atom stereocenters. The van der Waals surface area contributed by atoms with E-state index in [1.165, 1.54) is 0 Å². The summed E-state index contributed by atoms with van der Waals surface area (Å²) < 4.78 is 6.46. The lowest BCUT2D eigenvalue weighted by atomic mass is 10.1. The lowest BCUT2D eigenvalue weighted by Gasteiger charge is -2.34. The van der Waals surface area contributed by atoms with Crippen LogP contribution in [0.15, 0.2) is 36.4 Å². The number of anilines is 2. The molecule has 1 aliphatic rings. The van der Waals surface area contributed by atoms with Gasteiger partial charge in [-0.15, -0.1) is 0 Å². The number of amides is 1. The number of carbonyl (C=O) groups is 1. The Labute approximate surface area is 179 Å². The Morgan fingerprint density at radius 2 is 1.79 bits per heavy atom. The summed E-state index contributed by atoms with van der Waals surface area (Å²) in [4.78, 5) is 23.7. The summed E-state index contributed by atoms with van der Waals surface area (Å²) in [6, 6.07) is 11.6. The Morgan fingerprint density at radius 1 is 1.10 bits per heavy atom. The zero-order valence-electron chi connectivity index (χ0n) is 16.7. The van der Waals surface area contributed by atoms with E-state index in [4.69, 9.17) is 21.3 Å². The van der Waals surface area contributed by atoms with Gasteiger partial charge < -0.3 is 19.4 Å². The SMILES string of the molecule is COc1c(Cl)ccc2sc(N3CCN(C(=O)c4ccc(N(C)C)cc4)CC3)nc12. The van der Waals surface area contributed by atoms with Gasteiger partial charge in [-0.3, -0.25) is 4.79 Å². The van der Waals surface area contributed by atoms with Crippen LogP contribution in [-0.4, -0.2) is 63.2 Å². The maximum absolute atomic E-state index is 12.8. The summed E-state index contributed by atoms with van der Waals surface area (Å²) in [6.07, 6.45) is 0. The van der Waals surface area contributed by atoms with Crippen LogP contribution in [0.4, 0.5) is 10.8 Å². The number of ether oxygens (including phenoxy) is 1. The van der Waals surface area contributed by atoms with Crippen molar-refractivity contribution in [2.24, 2.45) is 0 Å². The Morgan fingerprint density at radius 3 is 2.41 bits per heavy atom. The molecule has 0 spiro atoms. The molecule has 2 heterocycles. The van der Waals surface area contributed by atoms with Crippen molar-refractivity contribution in [2.75, 3.05) is 57.2 Å². The molecule has 1 aliphatic heterocycles. The number of benzene rings is 2. The fourth-order valence-electron chi connectivity index (χ4n) is 3.45. The molecule has 152 valence electrons. The second kappa shape index (κ2) is 8.08. The predicted octanol–water partition coefficient (Wildman–Crippen LogP) is 3.99. The van der Waals surface area contributed by atoms with Gasteiger partial charge in [-0.25, -0.2) is 4.98 Å². The highest BCUT2D eigenvalue weighted by molar-refractivity contribution is 7.22. The maximum atomic E-state index is 12.8. The first-order chi connectivity index (χ1) is 14.0. The maximum Gasteiger partial charge on any atom is 0.253 e. The molecule has 1 fully saturated rings. The number of fused-ring (bicyclic) bond motifs is 1. The van der Waals surface area contributed by atoms with E-state index >= 15 is 0 Å². The van der Waals surface area contributed by atoms with Gasteiger partial charge in [0.15, 0.2) is 10.9 Å². The Bertz CT molecular complexity index is 1030. The summed E-state index contributed by atoms with van der Waals surface area (Å²) in [6.45, 7) is 2.83. The molecule has 0 radical (unpaired) electrons. The van der Waals surface area contributed by atoms with E-state index in [0.717, 1.165) is 39.7 Å². The fourth-order valence-corrected chi connectivity index (χ4v) is 4.69. The lowest BCUT2D eigenvalue weighted by molar-refractivity contribution is 0.0747. The van der Waals surface area contributed by atoms with Crippen LogP contribution in [0.2, 0.25) is 5.02 Å². The summed E-state index contributed by atoms with van der Waals surface area (Å²) in [5.41, 5.74) is 2.60. The standard InChI is InChI=1S/C21H23ClN4O2S/c1-24(2)15-6-4-14(5-7-15)20(27)25-10-12-26(13-11-25)21-23-18-17(29-21)9-8-16(22)19(18)28-3/h4-9H,10-13H2,1-3H3. The van der Waals surface area contributed by atoms with Gasteiger partial charge in [0.1, 0.15) is 5.52 Å². The molecule has 0 aliphatic carbocycles. The molecule has 3 aromatic rings. The fraction of sp³-hybridized carbons (Fsp3) is 0.333. The molecule has 1 amide bonds. The number of thiazole rings is 1. The van der Waals surface area contributed by atoms with Crippen molar-refractivity contribution in [3.05, 3.63) is 47.0 Å². The number of carbonyl (C=O) groups excluding carboxylic acids is 1. The van der Waals surface area contributed by atoms with Crippen LogP contribution >= 0.6 is 22.9 Å². The van der Waals surface area contributed by atoms with E-state index in [-0.39, 0.29) is 5.91 Å². The first kappa shape index (κ1) is 19.8. The highest BCUT2D eigenvalue weighted by Crippen LogP contribution is 2.38. The van der Waals surface area contributed by atoms with E-state index in [1.54, 1.807) is 18.4 Å². The first-order valence-electron chi connectivity index (χ1n) is 9.42. The largest absolute Gasteiger partial charge is 0.493 e. The van der Waals surface area contributed by atoms with Gasteiger partial charge in [-0.05, 0) is 36.4 Å². The molecule has 0 unspecified atom stereocenters. The number of halogens is 1. The molecule has 0 bridgehead atoms. The molecule has 4 rings (SSSR count). The molecule has 6 nitrogen and oxygen atoms in total. The van der Waals surface area contributed by atoms with E-state index in [0.29, 0.717) is 23.9 Å². The van der Waals surface area contributed by atoms with E-state index in [2.05, 4.69) is 4.90 Å². The van der Waals surface area contributed by atoms with Gasteiger partial charge >= 0.3 is 0 Å². The van der Waals surface area contributed by atoms with E-state index in [9.17, 15) is 4.79 Å². The third-order valence-corrected chi connectivity index (χ3v) is 6.51. The third kappa shape index (κ3) is 3.84. The average molecular weight is 431 g/mol. The summed E-state index contributed by atoms with van der Waals surface area (Å²) in [7, 11) is 5.58. The number of hydrogen-bond donors (Lipinski definition) is 0. The van der Waals surface area contributed by atoms with Gasteiger partial charge in [-0.1, -0.05) is 22.9 Å². The predicted molar refractivity (Wildman–Crippen MR) is 120 cm³/mol. The molecular weight excluding hydrogens is 408 g/mol. The highest BCUT2D eigenvalue weighted by atomic mass is 35.5. The molecule has 0 N–H and O–H groups in total. The second-order valence-corrected chi connectivity index (χ2v) is 8.56. The number of aromatic nitrogens is 1. The minimum Gasteiger partial charge on any atom is -0.493 e. The Hall–Kier alpha value is -2.51. The molecular formula is C21H23ClN4O2S. The van der Waals surface area contributed by atoms with E-state index in [1.807, 2.05) is 60.3 Å². The zero-order chi connectivity index (χ0) is 20.5. The highest BCUT2D eigenvalue weighted by Gasteiger charge is 2.24. The second-order valence-electron chi connectivity index (χ2n) is 7.14. The third-order valence-electron chi connectivity index (χ3n) is 5.13. The van der Waals surface area contributed by atoms with Crippen molar-refractivity contribution in [3.8, 4) is 5.75 Å². The number of methoxy groups -OCH3 is 1. The van der Waals surface area contributed by atoms with Crippen LogP contribution in [0, 0.1) is 0 Å². The Kier molecular flexibility index (Phi) is 5.52. The zero-order valence-corrected chi connectivity index (χ0v) is 18.3. The molecule has 8 heteroatoms. The van der Waals surface area contributed by atoms with Crippen molar-refractivity contribution in [1.29, 1.82) is 0 Å². The van der Waals surface area contributed by atoms with Gasteiger partial charge in [0, 0.05) is 51.5 Å². The van der Waals surface area contributed by atoms with Gasteiger partial charge in [0.05, 0.1) is 16.8 Å². The van der Waals surface area contributed by atoms with Gasteiger partial charge in [0.25, 0.3) is 5.91 Å². The van der Waals surface area contributed by atoms with Crippen LogP contribution in [0.25, 0.3) is 10.2 Å². The summed E-state index contributed by atoms with van der Waals surface area (Å²) in [5, 5.41) is 1.50. The van der Waals surface area contributed by atoms with Crippen LogP contribution < -0.4 is 14.5 Å². The van der Waals surface area contributed by atoms with Crippen molar-refractivity contribution >= 4 is 49.9 Å². The molecule has 2 aromatic carbocycles. The van der Waals surface area contributed by atoms with Crippen LogP contribution in [0.1, 0.15) is 10.4 Å². The molecule has 0 saturated carbocycles. The minimum atomic E-state index is 0.0766. The van der Waals surface area contributed by atoms with Crippen LogP contribution in [-0.2, 0) is 0 Å². The number of nitrogens with zero attached hydrogens (tertiary/aromatic N) is 4. The first-order valence-corrected chi connectivity index (χ1v) is 10.6. The lowest BCUT2D eigenvalue weighted by Crippen LogP contribution is -2.48. The van der Waals surface area contributed by atoms with Crippen molar-refractivity contribution in [2.45, 2.75) is 0 Å². The minimum absolute atomic E-state index is 0.0766. The van der Waals surface area contributed by atoms with Crippen molar-refractivity contribution in [3.63, 3.8) is 0 Å². The molecule has 1 saturated heterocycles. The number of piperazine rings is 1. The molecule has 29 heavy (non-hydrogen) atoms. The Balaban J connectivity index is 1.45. The van der Waals surface area contributed by atoms with Crippen molar-refractivity contribution < 1.29 is 9.53 Å². The topological polar surface area (TPSA) is 48.9 Å². The summed E-state index contributed by atoms with van der Waals surface area (Å²) >= 11 is 7.84.